The largest absolute Gasteiger partial charge is 0.392 e. The van der Waals surface area contributed by atoms with Crippen LogP contribution >= 0.6 is 11.3 Å². The SMILES string of the molecule is C/C(=C/C(N)/C(C)=C/c1csc(C)n1)CCCC(C)C(O)C(C)C(=O)C(C)(C)C(O)CC=O. The number of Topliss-reactive ketones (excluding diaryl/α,β-unsaturated/α-hetero) is 1. The third kappa shape index (κ3) is 8.89. The van der Waals surface area contributed by atoms with E-state index in [4.69, 9.17) is 5.73 Å². The number of carbonyl (C=O) groups excluding carboxylic acids is 2. The Balaban J connectivity index is 2.59. The van der Waals surface area contributed by atoms with Crippen LogP contribution < -0.4 is 5.73 Å². The van der Waals surface area contributed by atoms with Gasteiger partial charge in [-0.05, 0) is 52.0 Å². The van der Waals surface area contributed by atoms with E-state index in [-0.39, 0.29) is 24.2 Å². The van der Waals surface area contributed by atoms with Gasteiger partial charge >= 0.3 is 0 Å². The maximum absolute atomic E-state index is 12.9. The number of carbonyl (C=O) groups is 2. The molecule has 6 nitrogen and oxygen atoms in total. The van der Waals surface area contributed by atoms with E-state index < -0.39 is 23.5 Å². The van der Waals surface area contributed by atoms with Gasteiger partial charge in [-0.3, -0.25) is 4.79 Å². The van der Waals surface area contributed by atoms with Gasteiger partial charge in [-0.25, -0.2) is 4.98 Å². The molecule has 1 heterocycles. The highest BCUT2D eigenvalue weighted by atomic mass is 32.1. The Morgan fingerprint density at radius 1 is 1.27 bits per heavy atom. The first kappa shape index (κ1) is 29.4. The highest BCUT2D eigenvalue weighted by Gasteiger charge is 2.40. The van der Waals surface area contributed by atoms with Gasteiger partial charge < -0.3 is 20.7 Å². The van der Waals surface area contributed by atoms with E-state index in [0.29, 0.717) is 6.29 Å². The van der Waals surface area contributed by atoms with Crippen LogP contribution in [0.2, 0.25) is 0 Å². The number of aliphatic hydroxyl groups excluding tert-OH is 2. The lowest BCUT2D eigenvalue weighted by atomic mass is 9.73. The van der Waals surface area contributed by atoms with Gasteiger partial charge in [0.15, 0.2) is 0 Å². The first-order valence-electron chi connectivity index (χ1n) is 11.7. The summed E-state index contributed by atoms with van der Waals surface area (Å²) < 4.78 is 0. The number of nitrogens with two attached hydrogens (primary N) is 1. The lowest BCUT2D eigenvalue weighted by Gasteiger charge is -2.34. The van der Waals surface area contributed by atoms with Crippen molar-refractivity contribution in [2.75, 3.05) is 0 Å². The molecule has 0 bridgehead atoms. The fourth-order valence-corrected chi connectivity index (χ4v) is 4.53. The predicted molar refractivity (Wildman–Crippen MR) is 136 cm³/mol. The normalized spacial score (nSPS) is 17.9. The molecule has 0 saturated carbocycles. The standard InChI is InChI=1S/C26H42N2O4S/c1-16(13-22(27)18(3)14-21-15-33-20(5)28-21)9-8-10-17(2)24(31)19(4)25(32)26(6,7)23(30)11-12-29/h12-15,17,19,22-24,30-31H,8-11,27H2,1-7H3/b16-13-,18-14+. The molecule has 186 valence electrons. The van der Waals surface area contributed by atoms with Crippen LogP contribution in [-0.2, 0) is 9.59 Å². The molecular weight excluding hydrogens is 436 g/mol. The van der Waals surface area contributed by atoms with Crippen LogP contribution in [-0.4, -0.2) is 45.5 Å². The molecular formula is C26H42N2O4S. The van der Waals surface area contributed by atoms with Gasteiger partial charge in [0, 0.05) is 23.8 Å². The van der Waals surface area contributed by atoms with Crippen molar-refractivity contribution < 1.29 is 19.8 Å². The summed E-state index contributed by atoms with van der Waals surface area (Å²) in [5.74, 6) is -0.918. The zero-order valence-electron chi connectivity index (χ0n) is 21.2. The Morgan fingerprint density at radius 3 is 2.45 bits per heavy atom. The zero-order chi connectivity index (χ0) is 25.3. The van der Waals surface area contributed by atoms with Crippen molar-refractivity contribution in [3.05, 3.63) is 33.3 Å². The molecule has 33 heavy (non-hydrogen) atoms. The number of hydrogen-bond donors (Lipinski definition) is 3. The molecule has 1 rings (SSSR count). The van der Waals surface area contributed by atoms with E-state index in [1.165, 1.54) is 5.57 Å². The number of hydrogen-bond acceptors (Lipinski definition) is 7. The van der Waals surface area contributed by atoms with Crippen LogP contribution in [0.5, 0.6) is 0 Å². The minimum atomic E-state index is -1.08. The summed E-state index contributed by atoms with van der Waals surface area (Å²) >= 11 is 1.62. The first-order chi connectivity index (χ1) is 15.3. The number of allylic oxidation sites excluding steroid dienone is 1. The summed E-state index contributed by atoms with van der Waals surface area (Å²) in [6.45, 7) is 12.9. The topological polar surface area (TPSA) is 114 Å². The van der Waals surface area contributed by atoms with Gasteiger partial charge in [0.05, 0.1) is 28.3 Å². The third-order valence-corrected chi connectivity index (χ3v) is 7.32. The van der Waals surface area contributed by atoms with Crippen LogP contribution in [0.4, 0.5) is 0 Å². The van der Waals surface area contributed by atoms with E-state index >= 15 is 0 Å². The van der Waals surface area contributed by atoms with Crippen LogP contribution in [0.1, 0.15) is 77.9 Å². The van der Waals surface area contributed by atoms with E-state index in [1.807, 2.05) is 32.2 Å². The van der Waals surface area contributed by atoms with E-state index in [2.05, 4.69) is 18.0 Å². The first-order valence-corrected chi connectivity index (χ1v) is 12.6. The van der Waals surface area contributed by atoms with Crippen molar-refractivity contribution in [3.63, 3.8) is 0 Å². The number of nitrogens with zero attached hydrogens (tertiary/aromatic N) is 1. The molecule has 0 aliphatic heterocycles. The number of aliphatic hydroxyl groups is 2. The lowest BCUT2D eigenvalue weighted by Crippen LogP contribution is -2.44. The molecule has 0 radical (unpaired) electrons. The number of ketones is 1. The lowest BCUT2D eigenvalue weighted by molar-refractivity contribution is -0.142. The van der Waals surface area contributed by atoms with Crippen LogP contribution in [0.3, 0.4) is 0 Å². The average Bonchev–Trinajstić information content (AvgIpc) is 3.16. The molecule has 0 aromatic carbocycles. The van der Waals surface area contributed by atoms with Crippen LogP contribution in [0, 0.1) is 24.2 Å². The maximum atomic E-state index is 12.9. The molecule has 5 atom stereocenters. The smallest absolute Gasteiger partial charge is 0.146 e. The Morgan fingerprint density at radius 2 is 1.91 bits per heavy atom. The Hall–Kier alpha value is -1.67. The van der Waals surface area contributed by atoms with Crippen molar-refractivity contribution in [2.45, 2.75) is 92.4 Å². The van der Waals surface area contributed by atoms with Crippen molar-refractivity contribution in [1.29, 1.82) is 0 Å². The second kappa shape index (κ2) is 13.3. The van der Waals surface area contributed by atoms with Crippen LogP contribution in [0.15, 0.2) is 22.6 Å². The summed E-state index contributed by atoms with van der Waals surface area (Å²) in [4.78, 5) is 28.0. The van der Waals surface area contributed by atoms with Crippen molar-refractivity contribution in [3.8, 4) is 0 Å². The molecule has 7 heteroatoms. The molecule has 1 aromatic rings. The Bertz CT molecular complexity index is 843. The molecule has 5 unspecified atom stereocenters. The highest BCUT2D eigenvalue weighted by molar-refractivity contribution is 7.09. The van der Waals surface area contributed by atoms with Crippen LogP contribution in [0.25, 0.3) is 6.08 Å². The summed E-state index contributed by atoms with van der Waals surface area (Å²) in [6, 6.07) is -0.173. The molecule has 0 saturated heterocycles. The van der Waals surface area contributed by atoms with E-state index in [1.54, 1.807) is 32.1 Å². The van der Waals surface area contributed by atoms with E-state index in [0.717, 1.165) is 35.5 Å². The molecule has 0 aliphatic carbocycles. The zero-order valence-corrected chi connectivity index (χ0v) is 22.0. The predicted octanol–water partition coefficient (Wildman–Crippen LogP) is 4.48. The fourth-order valence-electron chi connectivity index (χ4n) is 3.96. The van der Waals surface area contributed by atoms with Gasteiger partial charge in [-0.15, -0.1) is 11.3 Å². The van der Waals surface area contributed by atoms with Gasteiger partial charge in [-0.1, -0.05) is 44.9 Å². The monoisotopic (exact) mass is 478 g/mol. The fraction of sp³-hybridized carbons (Fsp3) is 0.654. The number of aromatic nitrogens is 1. The van der Waals surface area contributed by atoms with E-state index in [9.17, 15) is 19.8 Å². The number of rotatable bonds is 14. The minimum Gasteiger partial charge on any atom is -0.392 e. The third-order valence-electron chi connectivity index (χ3n) is 6.53. The number of aldehydes is 1. The maximum Gasteiger partial charge on any atom is 0.146 e. The molecule has 0 spiro atoms. The molecule has 0 amide bonds. The quantitative estimate of drug-likeness (QED) is 0.268. The molecule has 4 N–H and O–H groups in total. The second-order valence-electron chi connectivity index (χ2n) is 9.87. The van der Waals surface area contributed by atoms with Gasteiger partial charge in [0.1, 0.15) is 12.1 Å². The number of thiazole rings is 1. The molecule has 0 fully saturated rings. The summed E-state index contributed by atoms with van der Waals surface area (Å²) in [6.07, 6.45) is 5.24. The molecule has 1 aromatic heterocycles. The van der Waals surface area contributed by atoms with Crippen molar-refractivity contribution in [2.24, 2.45) is 23.0 Å². The van der Waals surface area contributed by atoms with Gasteiger partial charge in [-0.2, -0.15) is 0 Å². The Labute approximate surface area is 203 Å². The van der Waals surface area contributed by atoms with Crippen molar-refractivity contribution >= 4 is 29.5 Å². The highest BCUT2D eigenvalue weighted by Crippen LogP contribution is 2.31. The van der Waals surface area contributed by atoms with Gasteiger partial charge in [0.2, 0.25) is 0 Å². The Kier molecular flexibility index (Phi) is 11.8. The molecule has 0 aliphatic rings. The number of aryl methyl sites for hydroxylation is 1. The minimum absolute atomic E-state index is 0.0704. The second-order valence-corrected chi connectivity index (χ2v) is 10.9. The summed E-state index contributed by atoms with van der Waals surface area (Å²) in [7, 11) is 0. The summed E-state index contributed by atoms with van der Waals surface area (Å²) in [5, 5.41) is 23.9. The van der Waals surface area contributed by atoms with Crippen molar-refractivity contribution in [1.82, 2.24) is 4.98 Å². The average molecular weight is 479 g/mol. The van der Waals surface area contributed by atoms with Gasteiger partial charge in [0.25, 0.3) is 0 Å². The summed E-state index contributed by atoms with van der Waals surface area (Å²) in [5.41, 5.74) is 8.41.